The first-order valence-electron chi connectivity index (χ1n) is 11.8. The summed E-state index contributed by atoms with van der Waals surface area (Å²) in [6.07, 6.45) is 0. The summed E-state index contributed by atoms with van der Waals surface area (Å²) in [7, 11) is -4.30. The largest absolute Gasteiger partial charge is 0.352 e. The van der Waals surface area contributed by atoms with Crippen molar-refractivity contribution in [3.8, 4) is 0 Å². The number of nitrogens with zero attached hydrogens (tertiary/aromatic N) is 2. The molecular weight excluding hydrogens is 536 g/mol. The molecule has 0 bridgehead atoms. The Morgan fingerprint density at radius 2 is 1.58 bits per heavy atom. The molecule has 1 atom stereocenters. The van der Waals surface area contributed by atoms with E-state index in [0.717, 1.165) is 16.4 Å². The minimum absolute atomic E-state index is 0.0328. The van der Waals surface area contributed by atoms with Crippen LogP contribution in [0.5, 0.6) is 0 Å². The van der Waals surface area contributed by atoms with E-state index in [2.05, 4.69) is 5.32 Å². The predicted octanol–water partition coefficient (Wildman–Crippen LogP) is 4.76. The van der Waals surface area contributed by atoms with Crippen LogP contribution in [-0.4, -0.2) is 43.8 Å². The fraction of sp³-hybridized carbons (Fsp3) is 0.259. The Morgan fingerprint density at radius 3 is 2.16 bits per heavy atom. The maximum Gasteiger partial charge on any atom is 0.264 e. The van der Waals surface area contributed by atoms with Gasteiger partial charge < -0.3 is 10.2 Å². The molecule has 3 aromatic rings. The zero-order valence-corrected chi connectivity index (χ0v) is 22.6. The Hall–Kier alpha value is -3.50. The lowest BCUT2D eigenvalue weighted by Gasteiger charge is -2.32. The normalized spacial score (nSPS) is 12.2. The smallest absolute Gasteiger partial charge is 0.264 e. The minimum Gasteiger partial charge on any atom is -0.352 e. The molecule has 0 spiro atoms. The van der Waals surface area contributed by atoms with Crippen LogP contribution >= 0.6 is 11.6 Å². The standard InChI is InChI=1S/C27H28ClF2N3O4S/c1-18(2)31-27(35)19(3)32(16-20-9-11-21(29)12-10-20)26(34)17-33(22-13-14-25(30)24(28)15-22)38(36,37)23-7-5-4-6-8-23/h4-15,18-19H,16-17H2,1-3H3,(H,31,35)/t19-/m1/s1. The van der Waals surface area contributed by atoms with Gasteiger partial charge in [0.2, 0.25) is 11.8 Å². The number of nitrogens with one attached hydrogen (secondary N) is 1. The van der Waals surface area contributed by atoms with Crippen LogP contribution in [0, 0.1) is 11.6 Å². The second-order valence-corrected chi connectivity index (χ2v) is 11.2. The zero-order chi connectivity index (χ0) is 28.0. The number of hydrogen-bond donors (Lipinski definition) is 1. The third kappa shape index (κ3) is 7.08. The molecule has 11 heteroatoms. The van der Waals surface area contributed by atoms with Gasteiger partial charge in [-0.15, -0.1) is 0 Å². The molecule has 0 radical (unpaired) electrons. The van der Waals surface area contributed by atoms with Gasteiger partial charge in [0.1, 0.15) is 24.2 Å². The number of carbonyl (C=O) groups is 2. The first-order chi connectivity index (χ1) is 17.9. The molecule has 0 saturated heterocycles. The molecule has 3 aromatic carbocycles. The lowest BCUT2D eigenvalue weighted by molar-refractivity contribution is -0.139. The van der Waals surface area contributed by atoms with Crippen molar-refractivity contribution in [2.24, 2.45) is 0 Å². The molecule has 0 aliphatic heterocycles. The van der Waals surface area contributed by atoms with E-state index in [1.807, 2.05) is 0 Å². The fourth-order valence-corrected chi connectivity index (χ4v) is 5.26. The summed E-state index contributed by atoms with van der Waals surface area (Å²) in [5.41, 5.74) is 0.501. The number of hydrogen-bond acceptors (Lipinski definition) is 4. The van der Waals surface area contributed by atoms with Crippen molar-refractivity contribution >= 4 is 39.1 Å². The van der Waals surface area contributed by atoms with Gasteiger partial charge in [0.25, 0.3) is 10.0 Å². The van der Waals surface area contributed by atoms with E-state index in [9.17, 15) is 26.8 Å². The molecule has 0 saturated carbocycles. The lowest BCUT2D eigenvalue weighted by Crippen LogP contribution is -2.52. The summed E-state index contributed by atoms with van der Waals surface area (Å²) in [6, 6.07) is 15.0. The number of carbonyl (C=O) groups excluding carboxylic acids is 2. The molecule has 0 aliphatic carbocycles. The number of halogens is 3. The van der Waals surface area contributed by atoms with Crippen molar-refractivity contribution in [1.29, 1.82) is 0 Å². The topological polar surface area (TPSA) is 86.8 Å². The quantitative estimate of drug-likeness (QED) is 0.385. The van der Waals surface area contributed by atoms with E-state index < -0.39 is 46.1 Å². The van der Waals surface area contributed by atoms with Crippen LogP contribution in [0.3, 0.4) is 0 Å². The summed E-state index contributed by atoms with van der Waals surface area (Å²) in [4.78, 5) is 27.7. The Kier molecular flexibility index (Phi) is 9.45. The average Bonchev–Trinajstić information content (AvgIpc) is 2.88. The van der Waals surface area contributed by atoms with Crippen molar-refractivity contribution in [2.45, 2.75) is 44.3 Å². The van der Waals surface area contributed by atoms with Crippen LogP contribution in [0.2, 0.25) is 5.02 Å². The van der Waals surface area contributed by atoms with Gasteiger partial charge >= 0.3 is 0 Å². The molecule has 7 nitrogen and oxygen atoms in total. The second-order valence-electron chi connectivity index (χ2n) is 8.91. The molecule has 0 aromatic heterocycles. The van der Waals surface area contributed by atoms with Gasteiger partial charge in [-0.2, -0.15) is 0 Å². The van der Waals surface area contributed by atoms with Crippen LogP contribution in [0.15, 0.2) is 77.7 Å². The Balaban J connectivity index is 2.04. The van der Waals surface area contributed by atoms with E-state index in [1.54, 1.807) is 19.9 Å². The highest BCUT2D eigenvalue weighted by Crippen LogP contribution is 2.28. The maximum atomic E-state index is 13.9. The van der Waals surface area contributed by atoms with Crippen LogP contribution < -0.4 is 9.62 Å². The predicted molar refractivity (Wildman–Crippen MR) is 142 cm³/mol. The minimum atomic E-state index is -4.30. The highest BCUT2D eigenvalue weighted by Gasteiger charge is 2.33. The highest BCUT2D eigenvalue weighted by molar-refractivity contribution is 7.92. The SMILES string of the molecule is CC(C)NC(=O)[C@@H](C)N(Cc1ccc(F)cc1)C(=O)CN(c1ccc(F)c(Cl)c1)S(=O)(=O)c1ccccc1. The number of amides is 2. The first kappa shape index (κ1) is 29.1. The summed E-state index contributed by atoms with van der Waals surface area (Å²) in [5.74, 6) is -2.38. The second kappa shape index (κ2) is 12.4. The molecule has 38 heavy (non-hydrogen) atoms. The fourth-order valence-electron chi connectivity index (χ4n) is 3.66. The van der Waals surface area contributed by atoms with E-state index in [-0.39, 0.29) is 28.2 Å². The van der Waals surface area contributed by atoms with Crippen molar-refractivity contribution in [1.82, 2.24) is 10.2 Å². The molecule has 0 unspecified atom stereocenters. The molecule has 0 aliphatic rings. The highest BCUT2D eigenvalue weighted by atomic mass is 35.5. The number of sulfonamides is 1. The van der Waals surface area contributed by atoms with Crippen molar-refractivity contribution in [3.05, 3.63) is 95.0 Å². The third-order valence-electron chi connectivity index (χ3n) is 5.67. The summed E-state index contributed by atoms with van der Waals surface area (Å²) < 4.78 is 55.4. The van der Waals surface area contributed by atoms with Gasteiger partial charge in [0.05, 0.1) is 15.6 Å². The number of rotatable bonds is 10. The van der Waals surface area contributed by atoms with Crippen molar-refractivity contribution in [3.63, 3.8) is 0 Å². The summed E-state index contributed by atoms with van der Waals surface area (Å²) in [5, 5.41) is 2.42. The van der Waals surface area contributed by atoms with Gasteiger partial charge in [-0.3, -0.25) is 13.9 Å². The van der Waals surface area contributed by atoms with E-state index in [0.29, 0.717) is 5.56 Å². The van der Waals surface area contributed by atoms with Gasteiger partial charge in [0, 0.05) is 12.6 Å². The van der Waals surface area contributed by atoms with Crippen LogP contribution in [0.25, 0.3) is 0 Å². The number of benzene rings is 3. The molecular formula is C27H28ClF2N3O4S. The van der Waals surface area contributed by atoms with E-state index in [4.69, 9.17) is 11.6 Å². The van der Waals surface area contributed by atoms with Crippen molar-refractivity contribution < 1.29 is 26.8 Å². The van der Waals surface area contributed by atoms with Crippen molar-refractivity contribution in [2.75, 3.05) is 10.8 Å². The van der Waals surface area contributed by atoms with Crippen LogP contribution in [0.1, 0.15) is 26.3 Å². The van der Waals surface area contributed by atoms with Gasteiger partial charge in [-0.1, -0.05) is 41.9 Å². The molecule has 202 valence electrons. The van der Waals surface area contributed by atoms with E-state index >= 15 is 0 Å². The van der Waals surface area contributed by atoms with Gasteiger partial charge in [0.15, 0.2) is 0 Å². The van der Waals surface area contributed by atoms with E-state index in [1.165, 1.54) is 66.4 Å². The maximum absolute atomic E-state index is 13.9. The molecule has 3 rings (SSSR count). The molecule has 0 fully saturated rings. The Morgan fingerprint density at radius 1 is 0.947 bits per heavy atom. The Bertz CT molecular complexity index is 1390. The number of anilines is 1. The monoisotopic (exact) mass is 563 g/mol. The third-order valence-corrected chi connectivity index (χ3v) is 7.74. The lowest BCUT2D eigenvalue weighted by atomic mass is 10.1. The molecule has 0 heterocycles. The molecule has 1 N–H and O–H groups in total. The Labute approximate surface area is 226 Å². The summed E-state index contributed by atoms with van der Waals surface area (Å²) >= 11 is 5.94. The zero-order valence-electron chi connectivity index (χ0n) is 21.1. The van der Waals surface area contributed by atoms with Gasteiger partial charge in [-0.25, -0.2) is 17.2 Å². The van der Waals surface area contributed by atoms with Crippen LogP contribution in [0.4, 0.5) is 14.5 Å². The summed E-state index contributed by atoms with van der Waals surface area (Å²) in [6.45, 7) is 4.26. The van der Waals surface area contributed by atoms with Crippen LogP contribution in [-0.2, 0) is 26.2 Å². The van der Waals surface area contributed by atoms with Gasteiger partial charge in [-0.05, 0) is 68.8 Å². The average molecular weight is 564 g/mol. The molecule has 2 amide bonds. The first-order valence-corrected chi connectivity index (χ1v) is 13.6.